The minimum atomic E-state index is -0.294. The van der Waals surface area contributed by atoms with Gasteiger partial charge in [-0.2, -0.15) is 0 Å². The molecule has 1 saturated heterocycles. The number of hydrogen-bond donors (Lipinski definition) is 0. The molecule has 3 amide bonds. The second kappa shape index (κ2) is 7.68. The van der Waals surface area contributed by atoms with E-state index in [1.807, 2.05) is 0 Å². The van der Waals surface area contributed by atoms with Crippen LogP contribution in [0.3, 0.4) is 0 Å². The Morgan fingerprint density at radius 3 is 2.19 bits per heavy atom. The number of likely N-dealkylation sites (tertiary alicyclic amines) is 1. The molecule has 3 rings (SSSR count). The lowest BCUT2D eigenvalue weighted by atomic mass is 9.97. The first-order valence-corrected chi connectivity index (χ1v) is 8.83. The second-order valence-electron chi connectivity index (χ2n) is 6.59. The summed E-state index contributed by atoms with van der Waals surface area (Å²) in [7, 11) is 1.37. The molecule has 0 spiro atoms. The van der Waals surface area contributed by atoms with Crippen LogP contribution in [-0.2, 0) is 14.3 Å². The van der Waals surface area contributed by atoms with Gasteiger partial charge in [-0.3, -0.25) is 24.1 Å². The molecule has 7 nitrogen and oxygen atoms in total. The van der Waals surface area contributed by atoms with Crippen LogP contribution < -0.4 is 0 Å². The first-order valence-electron chi connectivity index (χ1n) is 8.83. The Bertz CT molecular complexity index is 702. The van der Waals surface area contributed by atoms with Crippen molar-refractivity contribution in [3.63, 3.8) is 0 Å². The van der Waals surface area contributed by atoms with Crippen molar-refractivity contribution < 1.29 is 23.9 Å². The maximum absolute atomic E-state index is 12.3. The van der Waals surface area contributed by atoms with E-state index in [-0.39, 0.29) is 42.6 Å². The molecule has 0 saturated carbocycles. The number of carbonyl (C=O) groups excluding carboxylic acids is 4. The summed E-state index contributed by atoms with van der Waals surface area (Å²) >= 11 is 0. The van der Waals surface area contributed by atoms with Gasteiger partial charge < -0.3 is 9.64 Å². The monoisotopic (exact) mass is 358 g/mol. The SMILES string of the molecule is COC(=O)C1CCN(C(=O)CCCN2C(=O)c3ccccc3C2=O)CC1. The maximum Gasteiger partial charge on any atom is 0.308 e. The molecule has 0 atom stereocenters. The third kappa shape index (κ3) is 3.47. The van der Waals surface area contributed by atoms with Crippen molar-refractivity contribution >= 4 is 23.7 Å². The number of benzene rings is 1. The third-order valence-electron chi connectivity index (χ3n) is 5.03. The van der Waals surface area contributed by atoms with Gasteiger partial charge in [0.05, 0.1) is 24.2 Å². The Kier molecular flexibility index (Phi) is 5.35. The fraction of sp³-hybridized carbons (Fsp3) is 0.474. The number of methoxy groups -OCH3 is 1. The number of fused-ring (bicyclic) bond motifs is 1. The van der Waals surface area contributed by atoms with Gasteiger partial charge >= 0.3 is 5.97 Å². The van der Waals surface area contributed by atoms with Gasteiger partial charge in [0.2, 0.25) is 5.91 Å². The van der Waals surface area contributed by atoms with Crippen LogP contribution in [0.2, 0.25) is 0 Å². The number of rotatable bonds is 5. The number of piperidine rings is 1. The highest BCUT2D eigenvalue weighted by Crippen LogP contribution is 2.23. The highest BCUT2D eigenvalue weighted by atomic mass is 16.5. The quantitative estimate of drug-likeness (QED) is 0.588. The summed E-state index contributed by atoms with van der Waals surface area (Å²) in [4.78, 5) is 51.3. The minimum Gasteiger partial charge on any atom is -0.469 e. The number of ether oxygens (including phenoxy) is 1. The summed E-state index contributed by atoms with van der Waals surface area (Å²) in [6, 6.07) is 6.75. The van der Waals surface area contributed by atoms with E-state index in [1.165, 1.54) is 12.0 Å². The van der Waals surface area contributed by atoms with Crippen LogP contribution in [0, 0.1) is 5.92 Å². The van der Waals surface area contributed by atoms with Crippen molar-refractivity contribution in [1.29, 1.82) is 0 Å². The molecule has 0 aliphatic carbocycles. The van der Waals surface area contributed by atoms with Crippen LogP contribution in [0.4, 0.5) is 0 Å². The summed E-state index contributed by atoms with van der Waals surface area (Å²) in [5.74, 6) is -0.955. The summed E-state index contributed by atoms with van der Waals surface area (Å²) in [5, 5.41) is 0. The normalized spacial score (nSPS) is 17.4. The van der Waals surface area contributed by atoms with E-state index < -0.39 is 0 Å². The van der Waals surface area contributed by atoms with E-state index in [9.17, 15) is 19.2 Å². The highest BCUT2D eigenvalue weighted by Gasteiger charge is 2.35. The van der Waals surface area contributed by atoms with Crippen LogP contribution >= 0.6 is 0 Å². The Morgan fingerprint density at radius 2 is 1.65 bits per heavy atom. The maximum atomic E-state index is 12.3. The molecule has 7 heteroatoms. The molecular weight excluding hydrogens is 336 g/mol. The van der Waals surface area contributed by atoms with Crippen LogP contribution in [0.5, 0.6) is 0 Å². The van der Waals surface area contributed by atoms with E-state index in [0.717, 1.165) is 0 Å². The van der Waals surface area contributed by atoms with Gasteiger partial charge in [0.1, 0.15) is 0 Å². The lowest BCUT2D eigenvalue weighted by Crippen LogP contribution is -2.40. The zero-order valence-electron chi connectivity index (χ0n) is 14.8. The number of hydrogen-bond acceptors (Lipinski definition) is 5. The molecule has 2 aliphatic rings. The van der Waals surface area contributed by atoms with Gasteiger partial charge in [-0.05, 0) is 31.4 Å². The molecule has 0 unspecified atom stereocenters. The molecular formula is C19H22N2O5. The van der Waals surface area contributed by atoms with E-state index in [1.54, 1.807) is 29.2 Å². The van der Waals surface area contributed by atoms with Gasteiger partial charge in [-0.25, -0.2) is 0 Å². The van der Waals surface area contributed by atoms with Crippen molar-refractivity contribution in [3.8, 4) is 0 Å². The summed E-state index contributed by atoms with van der Waals surface area (Å²) in [5.41, 5.74) is 0.849. The van der Waals surface area contributed by atoms with E-state index in [4.69, 9.17) is 4.74 Å². The molecule has 0 N–H and O–H groups in total. The molecule has 26 heavy (non-hydrogen) atoms. The number of nitrogens with zero attached hydrogens (tertiary/aromatic N) is 2. The second-order valence-corrected chi connectivity index (χ2v) is 6.59. The largest absolute Gasteiger partial charge is 0.469 e. The van der Waals surface area contributed by atoms with Crippen LogP contribution in [0.15, 0.2) is 24.3 Å². The fourth-order valence-electron chi connectivity index (χ4n) is 3.52. The Labute approximate surface area is 151 Å². The molecule has 2 aliphatic heterocycles. The zero-order valence-corrected chi connectivity index (χ0v) is 14.8. The zero-order chi connectivity index (χ0) is 18.7. The standard InChI is InChI=1S/C19H22N2O5/c1-26-19(25)13-8-11-20(12-9-13)16(22)7-4-10-21-17(23)14-5-2-3-6-15(14)18(21)24/h2-3,5-6,13H,4,7-12H2,1H3. The van der Waals surface area contributed by atoms with Crippen molar-refractivity contribution in [2.75, 3.05) is 26.7 Å². The molecule has 0 aromatic heterocycles. The predicted molar refractivity (Wildman–Crippen MR) is 92.4 cm³/mol. The Balaban J connectivity index is 1.46. The average molecular weight is 358 g/mol. The van der Waals surface area contributed by atoms with Gasteiger partial charge in [0, 0.05) is 26.1 Å². The van der Waals surface area contributed by atoms with Crippen molar-refractivity contribution in [2.45, 2.75) is 25.7 Å². The van der Waals surface area contributed by atoms with Crippen molar-refractivity contribution in [3.05, 3.63) is 35.4 Å². The number of carbonyl (C=O) groups is 4. The van der Waals surface area contributed by atoms with E-state index >= 15 is 0 Å². The first-order chi connectivity index (χ1) is 12.5. The summed E-state index contributed by atoms with van der Waals surface area (Å²) in [6.07, 6.45) is 1.92. The molecule has 2 heterocycles. The minimum absolute atomic E-state index is 0.00933. The third-order valence-corrected chi connectivity index (χ3v) is 5.03. The smallest absolute Gasteiger partial charge is 0.308 e. The van der Waals surface area contributed by atoms with E-state index in [0.29, 0.717) is 43.5 Å². The lowest BCUT2D eigenvalue weighted by Gasteiger charge is -2.30. The van der Waals surface area contributed by atoms with Gasteiger partial charge in [0.25, 0.3) is 11.8 Å². The molecule has 1 fully saturated rings. The molecule has 1 aromatic rings. The fourth-order valence-corrected chi connectivity index (χ4v) is 3.52. The van der Waals surface area contributed by atoms with Gasteiger partial charge in [-0.15, -0.1) is 0 Å². The van der Waals surface area contributed by atoms with E-state index in [2.05, 4.69) is 0 Å². The number of esters is 1. The van der Waals surface area contributed by atoms with Gasteiger partial charge in [0.15, 0.2) is 0 Å². The van der Waals surface area contributed by atoms with Crippen LogP contribution in [0.25, 0.3) is 0 Å². The Hall–Kier alpha value is -2.70. The summed E-state index contributed by atoms with van der Waals surface area (Å²) in [6.45, 7) is 1.30. The van der Waals surface area contributed by atoms with Gasteiger partial charge in [-0.1, -0.05) is 12.1 Å². The van der Waals surface area contributed by atoms with Crippen molar-refractivity contribution in [2.24, 2.45) is 5.92 Å². The summed E-state index contributed by atoms with van der Waals surface area (Å²) < 4.78 is 4.74. The topological polar surface area (TPSA) is 84.0 Å². The highest BCUT2D eigenvalue weighted by molar-refractivity contribution is 6.21. The molecule has 1 aromatic carbocycles. The Morgan fingerprint density at radius 1 is 1.08 bits per heavy atom. The molecule has 0 bridgehead atoms. The van der Waals surface area contributed by atoms with Crippen LogP contribution in [0.1, 0.15) is 46.4 Å². The number of imide groups is 1. The molecule has 0 radical (unpaired) electrons. The lowest BCUT2D eigenvalue weighted by molar-refractivity contribution is -0.148. The first kappa shape index (κ1) is 18.1. The van der Waals surface area contributed by atoms with Crippen molar-refractivity contribution in [1.82, 2.24) is 9.80 Å². The predicted octanol–water partition coefficient (Wildman–Crippen LogP) is 1.47. The van der Waals surface area contributed by atoms with Crippen LogP contribution in [-0.4, -0.2) is 60.2 Å². The number of amides is 3. The molecule has 138 valence electrons. The average Bonchev–Trinajstić information content (AvgIpc) is 2.92.